The van der Waals surface area contributed by atoms with E-state index in [1.54, 1.807) is 0 Å². The highest BCUT2D eigenvalue weighted by Gasteiger charge is 2.11. The molecule has 1 N–H and O–H groups in total. The van der Waals surface area contributed by atoms with Gasteiger partial charge in [-0.3, -0.25) is 4.68 Å². The molecule has 2 aromatic carbocycles. The molecular weight excluding hydrogens is 264 g/mol. The second kappa shape index (κ2) is 6.41. The van der Waals surface area contributed by atoms with Gasteiger partial charge in [0.05, 0.1) is 24.1 Å². The maximum Gasteiger partial charge on any atom is 0.240 e. The number of para-hydroxylation sites is 1. The summed E-state index contributed by atoms with van der Waals surface area (Å²) in [5, 5.41) is 14.4. The normalized spacial score (nSPS) is 10.9. The van der Waals surface area contributed by atoms with Gasteiger partial charge in [0.1, 0.15) is 0 Å². The van der Waals surface area contributed by atoms with E-state index in [2.05, 4.69) is 17.2 Å². The number of rotatable bonds is 6. The van der Waals surface area contributed by atoms with Crippen molar-refractivity contribution < 1.29 is 9.84 Å². The van der Waals surface area contributed by atoms with Gasteiger partial charge in [0.15, 0.2) is 0 Å². The van der Waals surface area contributed by atoms with Gasteiger partial charge in [-0.1, -0.05) is 42.5 Å². The topological polar surface area (TPSA) is 47.3 Å². The van der Waals surface area contributed by atoms with Crippen LogP contribution in [0.1, 0.15) is 12.0 Å². The van der Waals surface area contributed by atoms with Gasteiger partial charge in [-0.25, -0.2) is 0 Å². The highest BCUT2D eigenvalue weighted by Crippen LogP contribution is 2.25. The first-order valence-electron chi connectivity index (χ1n) is 7.11. The van der Waals surface area contributed by atoms with Gasteiger partial charge >= 0.3 is 0 Å². The molecule has 0 bridgehead atoms. The average molecular weight is 282 g/mol. The zero-order chi connectivity index (χ0) is 14.5. The number of nitrogens with zero attached hydrogens (tertiary/aromatic N) is 2. The van der Waals surface area contributed by atoms with Crippen molar-refractivity contribution in [2.24, 2.45) is 0 Å². The van der Waals surface area contributed by atoms with E-state index in [-0.39, 0.29) is 6.61 Å². The van der Waals surface area contributed by atoms with Crippen molar-refractivity contribution in [1.82, 2.24) is 9.78 Å². The molecule has 0 saturated heterocycles. The molecule has 3 aromatic rings. The van der Waals surface area contributed by atoms with Crippen LogP contribution in [0.2, 0.25) is 0 Å². The predicted octanol–water partition coefficient (Wildman–Crippen LogP) is 2.85. The molecule has 21 heavy (non-hydrogen) atoms. The first-order chi connectivity index (χ1) is 10.4. The molecular formula is C17H18N2O2. The third kappa shape index (κ3) is 3.06. The summed E-state index contributed by atoms with van der Waals surface area (Å²) in [5.74, 6) is 0.634. The minimum absolute atomic E-state index is 0.128. The molecule has 4 nitrogen and oxygen atoms in total. The Labute approximate surface area is 123 Å². The van der Waals surface area contributed by atoms with Gasteiger partial charge in [-0.2, -0.15) is 0 Å². The first-order valence-corrected chi connectivity index (χ1v) is 7.11. The standard InChI is InChI=1S/C17H18N2O2/c20-11-6-12-21-17-15-9-4-5-10-16(15)19(18-17)13-14-7-2-1-3-8-14/h1-5,7-10,20H,6,11-13H2. The molecule has 3 rings (SSSR count). The molecule has 0 fully saturated rings. The van der Waals surface area contributed by atoms with Gasteiger partial charge in [0, 0.05) is 13.0 Å². The molecule has 0 atom stereocenters. The Bertz CT molecular complexity index is 707. The average Bonchev–Trinajstić information content (AvgIpc) is 2.87. The fourth-order valence-corrected chi connectivity index (χ4v) is 2.31. The molecule has 0 saturated carbocycles. The SMILES string of the molecule is OCCCOc1nn(Cc2ccccc2)c2ccccc12. The summed E-state index contributed by atoms with van der Waals surface area (Å²) in [4.78, 5) is 0. The number of hydrogen-bond donors (Lipinski definition) is 1. The zero-order valence-corrected chi connectivity index (χ0v) is 11.8. The van der Waals surface area contributed by atoms with E-state index in [1.807, 2.05) is 47.1 Å². The molecule has 108 valence electrons. The van der Waals surface area contributed by atoms with Crippen molar-refractivity contribution in [2.75, 3.05) is 13.2 Å². The van der Waals surface area contributed by atoms with Crippen LogP contribution in [0.5, 0.6) is 5.88 Å². The third-order valence-electron chi connectivity index (χ3n) is 3.34. The van der Waals surface area contributed by atoms with Crippen LogP contribution >= 0.6 is 0 Å². The van der Waals surface area contributed by atoms with Crippen molar-refractivity contribution in [1.29, 1.82) is 0 Å². The van der Waals surface area contributed by atoms with E-state index in [9.17, 15) is 0 Å². The van der Waals surface area contributed by atoms with Crippen molar-refractivity contribution in [3.05, 3.63) is 60.2 Å². The summed E-state index contributed by atoms with van der Waals surface area (Å²) in [5.41, 5.74) is 2.26. The van der Waals surface area contributed by atoms with Crippen LogP contribution in [0.3, 0.4) is 0 Å². The number of aliphatic hydroxyl groups is 1. The second-order valence-corrected chi connectivity index (χ2v) is 4.89. The summed E-state index contributed by atoms with van der Waals surface area (Å²) in [6.07, 6.45) is 0.611. The smallest absolute Gasteiger partial charge is 0.240 e. The minimum atomic E-state index is 0.128. The number of aromatic nitrogens is 2. The summed E-state index contributed by atoms with van der Waals surface area (Å²) >= 11 is 0. The molecule has 0 unspecified atom stereocenters. The number of fused-ring (bicyclic) bond motifs is 1. The number of benzene rings is 2. The molecule has 0 aliphatic rings. The second-order valence-electron chi connectivity index (χ2n) is 4.89. The minimum Gasteiger partial charge on any atom is -0.476 e. The van der Waals surface area contributed by atoms with Gasteiger partial charge < -0.3 is 9.84 Å². The van der Waals surface area contributed by atoms with Crippen molar-refractivity contribution >= 4 is 10.9 Å². The largest absolute Gasteiger partial charge is 0.476 e. The molecule has 0 amide bonds. The first kappa shape index (κ1) is 13.6. The molecule has 0 aliphatic carbocycles. The summed E-state index contributed by atoms with van der Waals surface area (Å²) in [6.45, 7) is 1.32. The highest BCUT2D eigenvalue weighted by atomic mass is 16.5. The number of ether oxygens (including phenoxy) is 1. The lowest BCUT2D eigenvalue weighted by atomic mass is 10.2. The van der Waals surface area contributed by atoms with Crippen LogP contribution in [0, 0.1) is 0 Å². The van der Waals surface area contributed by atoms with Crippen LogP contribution in [0.4, 0.5) is 0 Å². The molecule has 1 heterocycles. The van der Waals surface area contributed by atoms with E-state index in [0.717, 1.165) is 10.9 Å². The Balaban J connectivity index is 1.91. The van der Waals surface area contributed by atoms with Crippen molar-refractivity contribution in [2.45, 2.75) is 13.0 Å². The van der Waals surface area contributed by atoms with Gasteiger partial charge in [0.2, 0.25) is 5.88 Å². The maximum absolute atomic E-state index is 8.85. The maximum atomic E-state index is 8.85. The molecule has 0 aliphatic heterocycles. The Morgan fingerprint density at radius 2 is 1.76 bits per heavy atom. The van der Waals surface area contributed by atoms with Crippen LogP contribution < -0.4 is 4.74 Å². The third-order valence-corrected chi connectivity index (χ3v) is 3.34. The lowest BCUT2D eigenvalue weighted by molar-refractivity contribution is 0.229. The molecule has 1 aromatic heterocycles. The summed E-state index contributed by atoms with van der Waals surface area (Å²) in [6, 6.07) is 18.3. The van der Waals surface area contributed by atoms with E-state index in [1.165, 1.54) is 5.56 Å². The van der Waals surface area contributed by atoms with Crippen molar-refractivity contribution in [3.8, 4) is 5.88 Å². The number of aliphatic hydroxyl groups excluding tert-OH is 1. The predicted molar refractivity (Wildman–Crippen MR) is 82.5 cm³/mol. The van der Waals surface area contributed by atoms with Gasteiger partial charge in [-0.15, -0.1) is 5.10 Å². The summed E-state index contributed by atoms with van der Waals surface area (Å²) < 4.78 is 7.64. The Morgan fingerprint density at radius 3 is 2.57 bits per heavy atom. The van der Waals surface area contributed by atoms with Crippen LogP contribution in [0.15, 0.2) is 54.6 Å². The number of hydrogen-bond acceptors (Lipinski definition) is 3. The van der Waals surface area contributed by atoms with Crippen LogP contribution in [-0.4, -0.2) is 28.1 Å². The quantitative estimate of drug-likeness (QED) is 0.707. The van der Waals surface area contributed by atoms with Crippen LogP contribution in [0.25, 0.3) is 10.9 Å². The van der Waals surface area contributed by atoms with Crippen LogP contribution in [-0.2, 0) is 6.54 Å². The van der Waals surface area contributed by atoms with Gasteiger partial charge in [0.25, 0.3) is 0 Å². The van der Waals surface area contributed by atoms with E-state index < -0.39 is 0 Å². The lowest BCUT2D eigenvalue weighted by Gasteiger charge is -2.03. The summed E-state index contributed by atoms with van der Waals surface area (Å²) in [7, 11) is 0. The monoisotopic (exact) mass is 282 g/mol. The zero-order valence-electron chi connectivity index (χ0n) is 11.8. The fourth-order valence-electron chi connectivity index (χ4n) is 2.31. The Kier molecular flexibility index (Phi) is 4.17. The Morgan fingerprint density at radius 1 is 1.00 bits per heavy atom. The van der Waals surface area contributed by atoms with Crippen molar-refractivity contribution in [3.63, 3.8) is 0 Å². The van der Waals surface area contributed by atoms with Gasteiger partial charge in [-0.05, 0) is 17.7 Å². The fraction of sp³-hybridized carbons (Fsp3) is 0.235. The lowest BCUT2D eigenvalue weighted by Crippen LogP contribution is -2.03. The van der Waals surface area contributed by atoms with E-state index >= 15 is 0 Å². The highest BCUT2D eigenvalue weighted by molar-refractivity contribution is 5.84. The van der Waals surface area contributed by atoms with E-state index in [0.29, 0.717) is 25.5 Å². The molecule has 4 heteroatoms. The van der Waals surface area contributed by atoms with E-state index in [4.69, 9.17) is 9.84 Å². The molecule has 0 radical (unpaired) electrons. The molecule has 0 spiro atoms. The Hall–Kier alpha value is -2.33.